The molecule has 1 aromatic rings. The van der Waals surface area contributed by atoms with Gasteiger partial charge in [0.05, 0.1) is 11.4 Å². The van der Waals surface area contributed by atoms with Crippen LogP contribution in [0, 0.1) is 0 Å². The van der Waals surface area contributed by atoms with Crippen LogP contribution in [0.5, 0.6) is 0 Å². The number of nitrogens with two attached hydrogens (primary N) is 1. The average molecular weight is 320 g/mol. The molecule has 2 rings (SSSR count). The third kappa shape index (κ3) is 4.59. The van der Waals surface area contributed by atoms with E-state index in [1.165, 1.54) is 0 Å². The highest BCUT2D eigenvalue weighted by Gasteiger charge is 2.31. The van der Waals surface area contributed by atoms with Gasteiger partial charge < -0.3 is 15.4 Å². The normalized spacial score (nSPS) is 17.0. The van der Waals surface area contributed by atoms with Crippen molar-refractivity contribution >= 4 is 17.5 Å². The number of hydrogen-bond donors (Lipinski definition) is 1. The number of carbonyl (C=O) groups is 1. The Bertz CT molecular complexity index is 534. The number of nitrogens with zero attached hydrogens (tertiary/aromatic N) is 3. The van der Waals surface area contributed by atoms with E-state index >= 15 is 0 Å². The molecular weight excluding hydrogens is 292 g/mol. The maximum atomic E-state index is 12.8. The molecule has 0 aliphatic carbocycles. The van der Waals surface area contributed by atoms with E-state index in [0.717, 1.165) is 32.7 Å². The molecule has 0 aromatic heterocycles. The van der Waals surface area contributed by atoms with Gasteiger partial charge in [0, 0.05) is 26.2 Å². The summed E-state index contributed by atoms with van der Waals surface area (Å²) in [4.78, 5) is 15.1. The zero-order valence-electron chi connectivity index (χ0n) is 14.6. The Kier molecular flexibility index (Phi) is 5.49. The molecule has 0 unspecified atom stereocenters. The van der Waals surface area contributed by atoms with Gasteiger partial charge in [-0.2, -0.15) is 0 Å². The number of hydrazine groups is 1. The van der Waals surface area contributed by atoms with Crippen LogP contribution in [0.2, 0.25) is 0 Å². The number of amides is 1. The number of piperazine rings is 1. The lowest BCUT2D eigenvalue weighted by Crippen LogP contribution is -2.56. The number of likely N-dealkylation sites (N-methyl/N-ethyl adjacent to an activating group) is 1. The lowest BCUT2D eigenvalue weighted by Gasteiger charge is -2.41. The molecule has 1 aliphatic rings. The summed E-state index contributed by atoms with van der Waals surface area (Å²) in [6.45, 7) is 12.1. The summed E-state index contributed by atoms with van der Waals surface area (Å²) >= 11 is 0. The maximum absolute atomic E-state index is 12.8. The standard InChI is InChI=1S/C17H28N4O2/c1-5-19-10-12-20(13-11-19)21(16(22)23-17(2,3)4)15-9-7-6-8-14(15)18/h6-9H,5,10-13,18H2,1-4H3. The number of hydrogen-bond acceptors (Lipinski definition) is 5. The van der Waals surface area contributed by atoms with E-state index in [4.69, 9.17) is 10.5 Å². The average Bonchev–Trinajstić information content (AvgIpc) is 2.48. The highest BCUT2D eigenvalue weighted by Crippen LogP contribution is 2.27. The van der Waals surface area contributed by atoms with Crippen LogP contribution in [0.3, 0.4) is 0 Å². The zero-order chi connectivity index (χ0) is 17.0. The van der Waals surface area contributed by atoms with Crippen molar-refractivity contribution in [2.45, 2.75) is 33.3 Å². The van der Waals surface area contributed by atoms with E-state index < -0.39 is 5.60 Å². The summed E-state index contributed by atoms with van der Waals surface area (Å²) in [6.07, 6.45) is -0.389. The van der Waals surface area contributed by atoms with Crippen molar-refractivity contribution in [1.82, 2.24) is 9.91 Å². The van der Waals surface area contributed by atoms with Crippen LogP contribution < -0.4 is 10.7 Å². The summed E-state index contributed by atoms with van der Waals surface area (Å²) in [7, 11) is 0. The number of anilines is 2. The minimum Gasteiger partial charge on any atom is -0.442 e. The van der Waals surface area contributed by atoms with Crippen LogP contribution in [-0.4, -0.2) is 54.3 Å². The monoisotopic (exact) mass is 320 g/mol. The van der Waals surface area contributed by atoms with Crippen molar-refractivity contribution in [3.8, 4) is 0 Å². The Hall–Kier alpha value is -1.79. The van der Waals surface area contributed by atoms with Crippen molar-refractivity contribution < 1.29 is 9.53 Å². The number of benzene rings is 1. The van der Waals surface area contributed by atoms with E-state index in [9.17, 15) is 4.79 Å². The molecule has 1 aliphatic heterocycles. The van der Waals surface area contributed by atoms with Crippen molar-refractivity contribution in [3.63, 3.8) is 0 Å². The Morgan fingerprint density at radius 1 is 1.22 bits per heavy atom. The minimum atomic E-state index is -0.551. The smallest absolute Gasteiger partial charge is 0.429 e. The first-order valence-corrected chi connectivity index (χ1v) is 8.16. The van der Waals surface area contributed by atoms with Crippen LogP contribution in [0.1, 0.15) is 27.7 Å². The van der Waals surface area contributed by atoms with Crippen molar-refractivity contribution in [1.29, 1.82) is 0 Å². The van der Waals surface area contributed by atoms with E-state index in [2.05, 4.69) is 11.8 Å². The highest BCUT2D eigenvalue weighted by molar-refractivity contribution is 5.90. The van der Waals surface area contributed by atoms with Crippen molar-refractivity contribution in [3.05, 3.63) is 24.3 Å². The lowest BCUT2D eigenvalue weighted by atomic mass is 10.2. The first-order chi connectivity index (χ1) is 10.8. The molecule has 0 spiro atoms. The van der Waals surface area contributed by atoms with E-state index in [-0.39, 0.29) is 6.09 Å². The van der Waals surface area contributed by atoms with E-state index in [0.29, 0.717) is 11.4 Å². The molecule has 1 saturated heterocycles. The Morgan fingerprint density at radius 3 is 2.35 bits per heavy atom. The van der Waals surface area contributed by atoms with Crippen LogP contribution in [0.25, 0.3) is 0 Å². The first-order valence-electron chi connectivity index (χ1n) is 8.16. The molecule has 0 bridgehead atoms. The van der Waals surface area contributed by atoms with Gasteiger partial charge in [0.2, 0.25) is 0 Å². The molecule has 23 heavy (non-hydrogen) atoms. The van der Waals surface area contributed by atoms with Gasteiger partial charge in [-0.1, -0.05) is 19.1 Å². The van der Waals surface area contributed by atoms with Crippen LogP contribution >= 0.6 is 0 Å². The molecule has 128 valence electrons. The fraction of sp³-hybridized carbons (Fsp3) is 0.588. The predicted molar refractivity (Wildman–Crippen MR) is 93.3 cm³/mol. The second kappa shape index (κ2) is 7.19. The van der Waals surface area contributed by atoms with Gasteiger partial charge in [-0.3, -0.25) is 0 Å². The second-order valence-corrected chi connectivity index (χ2v) is 6.74. The fourth-order valence-corrected chi connectivity index (χ4v) is 2.61. The molecular formula is C17H28N4O2. The SMILES string of the molecule is CCN1CCN(N(C(=O)OC(C)(C)C)c2ccccc2N)CC1. The van der Waals surface area contributed by atoms with Gasteiger partial charge in [0.15, 0.2) is 0 Å². The molecule has 0 atom stereocenters. The number of nitrogen functional groups attached to an aromatic ring is 1. The summed E-state index contributed by atoms with van der Waals surface area (Å²) in [5, 5.41) is 3.61. The van der Waals surface area contributed by atoms with Crippen molar-refractivity contribution in [2.24, 2.45) is 0 Å². The zero-order valence-corrected chi connectivity index (χ0v) is 14.6. The van der Waals surface area contributed by atoms with Gasteiger partial charge in [0.1, 0.15) is 5.60 Å². The van der Waals surface area contributed by atoms with Crippen LogP contribution in [-0.2, 0) is 4.74 Å². The molecule has 1 fully saturated rings. The molecule has 6 heteroatoms. The van der Waals surface area contributed by atoms with Gasteiger partial charge in [-0.25, -0.2) is 14.8 Å². The predicted octanol–water partition coefficient (Wildman–Crippen LogP) is 2.56. The molecule has 1 heterocycles. The Balaban J connectivity index is 2.25. The second-order valence-electron chi connectivity index (χ2n) is 6.74. The summed E-state index contributed by atoms with van der Waals surface area (Å²) in [5.74, 6) is 0. The quantitative estimate of drug-likeness (QED) is 0.867. The first kappa shape index (κ1) is 17.6. The van der Waals surface area contributed by atoms with Gasteiger partial charge >= 0.3 is 6.09 Å². The summed E-state index contributed by atoms with van der Waals surface area (Å²) < 4.78 is 5.59. The highest BCUT2D eigenvalue weighted by atomic mass is 16.6. The minimum absolute atomic E-state index is 0.389. The number of para-hydroxylation sites is 2. The Labute approximate surface area is 138 Å². The number of ether oxygens (including phenoxy) is 1. The molecule has 0 saturated carbocycles. The maximum Gasteiger partial charge on any atom is 0.429 e. The topological polar surface area (TPSA) is 62.0 Å². The molecule has 2 N–H and O–H groups in total. The van der Waals surface area contributed by atoms with Crippen molar-refractivity contribution in [2.75, 3.05) is 43.5 Å². The van der Waals surface area contributed by atoms with Crippen LogP contribution in [0.4, 0.5) is 16.2 Å². The third-order valence-electron chi connectivity index (χ3n) is 3.81. The summed E-state index contributed by atoms with van der Waals surface area (Å²) in [5.41, 5.74) is 6.78. The fourth-order valence-electron chi connectivity index (χ4n) is 2.61. The number of rotatable bonds is 3. The number of carbonyl (C=O) groups excluding carboxylic acids is 1. The van der Waals surface area contributed by atoms with E-state index in [1.807, 2.05) is 44.0 Å². The third-order valence-corrected chi connectivity index (χ3v) is 3.81. The Morgan fingerprint density at radius 2 is 1.83 bits per heavy atom. The lowest BCUT2D eigenvalue weighted by molar-refractivity contribution is 0.0394. The molecule has 1 amide bonds. The largest absolute Gasteiger partial charge is 0.442 e. The van der Waals surface area contributed by atoms with Gasteiger partial charge in [0.25, 0.3) is 0 Å². The van der Waals surface area contributed by atoms with E-state index in [1.54, 1.807) is 11.1 Å². The molecule has 0 radical (unpaired) electrons. The summed E-state index contributed by atoms with van der Waals surface area (Å²) in [6, 6.07) is 7.40. The van der Waals surface area contributed by atoms with Gasteiger partial charge in [-0.05, 0) is 39.4 Å². The molecule has 6 nitrogen and oxygen atoms in total. The van der Waals surface area contributed by atoms with Gasteiger partial charge in [-0.15, -0.1) is 0 Å². The van der Waals surface area contributed by atoms with Crippen LogP contribution in [0.15, 0.2) is 24.3 Å². The molecule has 1 aromatic carbocycles.